The van der Waals surface area contributed by atoms with Crippen molar-refractivity contribution in [2.24, 2.45) is 0 Å². The molecule has 3 rings (SSSR count). The highest BCUT2D eigenvalue weighted by Crippen LogP contribution is 2.22. The monoisotopic (exact) mass is 259 g/mol. The molecule has 1 aliphatic heterocycles. The van der Waals surface area contributed by atoms with E-state index in [1.807, 2.05) is 0 Å². The molecule has 0 saturated heterocycles. The Balaban J connectivity index is 1.97. The first kappa shape index (κ1) is 12.8. The van der Waals surface area contributed by atoms with Gasteiger partial charge in [-0.2, -0.15) is 0 Å². The van der Waals surface area contributed by atoms with E-state index in [0.717, 1.165) is 0 Å². The van der Waals surface area contributed by atoms with E-state index in [4.69, 9.17) is 0 Å². The summed E-state index contributed by atoms with van der Waals surface area (Å²) in [5, 5.41) is 0. The van der Waals surface area contributed by atoms with Gasteiger partial charge < -0.3 is 4.81 Å². The Kier molecular flexibility index (Phi) is 3.47. The molecule has 0 unspecified atom stereocenters. The second-order valence-corrected chi connectivity index (χ2v) is 5.22. The molecule has 2 aromatic rings. The van der Waals surface area contributed by atoms with E-state index in [2.05, 4.69) is 91.5 Å². The van der Waals surface area contributed by atoms with Crippen molar-refractivity contribution in [2.75, 3.05) is 7.05 Å². The zero-order chi connectivity index (χ0) is 13.9. The van der Waals surface area contributed by atoms with Gasteiger partial charge in [0.1, 0.15) is 0 Å². The van der Waals surface area contributed by atoms with Gasteiger partial charge in [0.05, 0.1) is 0 Å². The Bertz CT molecular complexity index is 658. The summed E-state index contributed by atoms with van der Waals surface area (Å²) in [6.45, 7) is 2.48. The molecule has 20 heavy (non-hydrogen) atoms. The van der Waals surface area contributed by atoms with Crippen LogP contribution in [0.5, 0.6) is 0 Å². The summed E-state index contributed by atoms with van der Waals surface area (Å²) in [6, 6.07) is 19.2. The molecule has 0 aliphatic carbocycles. The molecule has 1 heterocycles. The van der Waals surface area contributed by atoms with Crippen LogP contribution in [0.3, 0.4) is 0 Å². The third kappa shape index (κ3) is 2.29. The second-order valence-electron chi connectivity index (χ2n) is 5.22. The van der Waals surface area contributed by atoms with Crippen LogP contribution < -0.4 is 5.46 Å². The summed E-state index contributed by atoms with van der Waals surface area (Å²) in [5.74, 6) is 2.26. The largest absolute Gasteiger partial charge is 0.410 e. The lowest BCUT2D eigenvalue weighted by atomic mass is 9.52. The van der Waals surface area contributed by atoms with Gasteiger partial charge in [-0.3, -0.25) is 0 Å². The lowest BCUT2D eigenvalue weighted by molar-refractivity contribution is 0.752. The van der Waals surface area contributed by atoms with E-state index in [1.165, 1.54) is 22.3 Å². The number of benzene rings is 2. The first-order valence-corrected chi connectivity index (χ1v) is 6.99. The number of hydrogen-bond donors (Lipinski definition) is 0. The second kappa shape index (κ2) is 5.42. The molecule has 0 aromatic heterocycles. The van der Waals surface area contributed by atoms with Gasteiger partial charge in [-0.15, -0.1) is 0 Å². The van der Waals surface area contributed by atoms with E-state index >= 15 is 0 Å². The van der Waals surface area contributed by atoms with Crippen LogP contribution in [0.1, 0.15) is 11.1 Å². The summed E-state index contributed by atoms with van der Waals surface area (Å²) in [4.78, 5) is 2.34. The van der Waals surface area contributed by atoms with Crippen molar-refractivity contribution in [3.8, 4) is 0 Å². The van der Waals surface area contributed by atoms with Crippen LogP contribution >= 0.6 is 0 Å². The van der Waals surface area contributed by atoms with Crippen molar-refractivity contribution in [1.82, 2.24) is 4.81 Å². The Morgan fingerprint density at radius 2 is 1.60 bits per heavy atom. The molecule has 2 heteroatoms. The molecule has 0 radical (unpaired) electrons. The zero-order valence-corrected chi connectivity index (χ0v) is 12.0. The first-order valence-electron chi connectivity index (χ1n) is 6.99. The summed E-state index contributed by atoms with van der Waals surface area (Å²) in [5.41, 5.74) is 5.23. The number of hydrogen-bond acceptors (Lipinski definition) is 1. The fourth-order valence-electron chi connectivity index (χ4n) is 2.79. The third-order valence-corrected chi connectivity index (χ3v) is 3.92. The molecular formula is C18H18BN. The summed E-state index contributed by atoms with van der Waals surface area (Å²) in [6.07, 6.45) is 4.35. The lowest BCUT2D eigenvalue weighted by Crippen LogP contribution is -2.46. The molecule has 0 fully saturated rings. The number of nitrogens with zero attached hydrogens (tertiary/aromatic N) is 1. The molecule has 1 nitrogen and oxygen atoms in total. The van der Waals surface area contributed by atoms with E-state index in [1.54, 1.807) is 0 Å². The van der Waals surface area contributed by atoms with Crippen LogP contribution in [0, 0.1) is 6.92 Å². The number of allylic oxidation sites excluding steroid dienone is 2. The molecule has 0 atom stereocenters. The van der Waals surface area contributed by atoms with Crippen molar-refractivity contribution in [3.05, 3.63) is 83.9 Å². The van der Waals surface area contributed by atoms with Crippen LogP contribution in [-0.2, 0) is 0 Å². The van der Waals surface area contributed by atoms with Gasteiger partial charge in [-0.1, -0.05) is 72.2 Å². The zero-order valence-electron chi connectivity index (χ0n) is 12.0. The topological polar surface area (TPSA) is 3.24 Å². The van der Waals surface area contributed by atoms with Gasteiger partial charge >= 0.3 is 6.85 Å². The van der Waals surface area contributed by atoms with Gasteiger partial charge in [0.15, 0.2) is 0 Å². The molecule has 0 N–H and O–H groups in total. The van der Waals surface area contributed by atoms with Crippen molar-refractivity contribution in [1.29, 1.82) is 0 Å². The predicted molar refractivity (Wildman–Crippen MR) is 87.9 cm³/mol. The fraction of sp³-hybridized carbons (Fsp3) is 0.111. The molecule has 1 aliphatic rings. The highest BCUT2D eigenvalue weighted by molar-refractivity contribution is 6.77. The minimum absolute atomic E-state index is 0.302. The smallest absolute Gasteiger partial charge is 0.316 e. The molecule has 0 bridgehead atoms. The summed E-state index contributed by atoms with van der Waals surface area (Å²) < 4.78 is 0. The third-order valence-electron chi connectivity index (χ3n) is 3.92. The Hall–Kier alpha value is -2.22. The SMILES string of the molecule is Cc1ccccc1B1C=CC=C(c2ccccc2)N1C. The van der Waals surface area contributed by atoms with Crippen molar-refractivity contribution < 1.29 is 0 Å². The van der Waals surface area contributed by atoms with E-state index < -0.39 is 0 Å². The Morgan fingerprint density at radius 3 is 2.35 bits per heavy atom. The normalized spacial score (nSPS) is 14.4. The van der Waals surface area contributed by atoms with Crippen LogP contribution in [0.25, 0.3) is 5.70 Å². The highest BCUT2D eigenvalue weighted by atomic mass is 15.0. The van der Waals surface area contributed by atoms with Gasteiger partial charge in [0.2, 0.25) is 0 Å². The maximum Gasteiger partial charge on any atom is 0.316 e. The molecule has 0 saturated carbocycles. The summed E-state index contributed by atoms with van der Waals surface area (Å²) >= 11 is 0. The van der Waals surface area contributed by atoms with Gasteiger partial charge in [-0.05, 0) is 31.1 Å². The maximum atomic E-state index is 2.34. The van der Waals surface area contributed by atoms with Crippen molar-refractivity contribution in [2.45, 2.75) is 6.92 Å². The highest BCUT2D eigenvalue weighted by Gasteiger charge is 2.25. The van der Waals surface area contributed by atoms with Crippen LogP contribution in [0.4, 0.5) is 0 Å². The average Bonchev–Trinajstić information content (AvgIpc) is 2.49. The summed E-state index contributed by atoms with van der Waals surface area (Å²) in [7, 11) is 2.17. The van der Waals surface area contributed by atoms with E-state index in [-0.39, 0.29) is 0 Å². The molecule has 2 aromatic carbocycles. The number of aryl methyl sites for hydroxylation is 1. The molecular weight excluding hydrogens is 241 g/mol. The minimum atomic E-state index is 0.302. The predicted octanol–water partition coefficient (Wildman–Crippen LogP) is 3.28. The minimum Gasteiger partial charge on any atom is -0.410 e. The lowest BCUT2D eigenvalue weighted by Gasteiger charge is -2.31. The molecule has 0 amide bonds. The standard InChI is InChI=1S/C18H18BN/c1-15-9-6-7-12-17(15)19-14-8-13-18(20(19)2)16-10-4-3-5-11-16/h3-14H,1-2H3. The Morgan fingerprint density at radius 1 is 0.900 bits per heavy atom. The van der Waals surface area contributed by atoms with Gasteiger partial charge in [0, 0.05) is 5.70 Å². The van der Waals surface area contributed by atoms with Crippen LogP contribution in [0.15, 0.2) is 72.7 Å². The van der Waals surface area contributed by atoms with Gasteiger partial charge in [-0.25, -0.2) is 0 Å². The Labute approximate surface area is 121 Å². The first-order chi connectivity index (χ1) is 9.77. The van der Waals surface area contributed by atoms with Crippen LogP contribution in [0.2, 0.25) is 0 Å². The molecule has 98 valence electrons. The van der Waals surface area contributed by atoms with Crippen molar-refractivity contribution >= 4 is 18.0 Å². The average molecular weight is 259 g/mol. The van der Waals surface area contributed by atoms with E-state index in [0.29, 0.717) is 6.85 Å². The maximum absolute atomic E-state index is 2.34. The van der Waals surface area contributed by atoms with Gasteiger partial charge in [0.25, 0.3) is 0 Å². The van der Waals surface area contributed by atoms with Crippen LogP contribution in [-0.4, -0.2) is 18.7 Å². The van der Waals surface area contributed by atoms with Crippen molar-refractivity contribution in [3.63, 3.8) is 0 Å². The quantitative estimate of drug-likeness (QED) is 0.748. The fourth-order valence-corrected chi connectivity index (χ4v) is 2.79. The van der Waals surface area contributed by atoms with E-state index in [9.17, 15) is 0 Å². The number of rotatable bonds is 2. The molecule has 0 spiro atoms.